The summed E-state index contributed by atoms with van der Waals surface area (Å²) in [5.41, 5.74) is 0. The van der Waals surface area contributed by atoms with Crippen molar-refractivity contribution in [2.45, 2.75) is 25.3 Å². The lowest BCUT2D eigenvalue weighted by Crippen LogP contribution is -2.38. The number of likely N-dealkylation sites (N-methyl/N-ethyl adjacent to an activating group) is 1. The molecule has 1 N–H and O–H groups in total. The van der Waals surface area contributed by atoms with Crippen LogP contribution in [0.15, 0.2) is 18.2 Å². The minimum atomic E-state index is 0. The SMILES string of the molecule is CN(C(=O)CCCOc1cccc(Cl)c1Cl)C1CCNC1.Cl. The van der Waals surface area contributed by atoms with Crippen molar-refractivity contribution in [3.8, 4) is 5.75 Å². The number of carbonyl (C=O) groups is 1. The van der Waals surface area contributed by atoms with Crippen LogP contribution < -0.4 is 10.1 Å². The number of hydrogen-bond donors (Lipinski definition) is 1. The maximum Gasteiger partial charge on any atom is 0.222 e. The fourth-order valence-electron chi connectivity index (χ4n) is 2.35. The highest BCUT2D eigenvalue weighted by Crippen LogP contribution is 2.31. The van der Waals surface area contributed by atoms with Crippen LogP contribution in [0.25, 0.3) is 0 Å². The summed E-state index contributed by atoms with van der Waals surface area (Å²) in [6.45, 7) is 2.32. The summed E-state index contributed by atoms with van der Waals surface area (Å²) in [5.74, 6) is 0.717. The van der Waals surface area contributed by atoms with E-state index in [4.69, 9.17) is 27.9 Å². The first-order chi connectivity index (χ1) is 10.1. The molecule has 2 rings (SSSR count). The van der Waals surface area contributed by atoms with Crippen LogP contribution in [0, 0.1) is 0 Å². The topological polar surface area (TPSA) is 41.6 Å². The second kappa shape index (κ2) is 9.46. The highest BCUT2D eigenvalue weighted by atomic mass is 35.5. The second-order valence-electron chi connectivity index (χ2n) is 5.16. The van der Waals surface area contributed by atoms with Crippen LogP contribution in [0.1, 0.15) is 19.3 Å². The van der Waals surface area contributed by atoms with E-state index >= 15 is 0 Å². The summed E-state index contributed by atoms with van der Waals surface area (Å²) in [5, 5.41) is 4.15. The van der Waals surface area contributed by atoms with Crippen molar-refractivity contribution in [2.24, 2.45) is 0 Å². The van der Waals surface area contributed by atoms with E-state index in [1.54, 1.807) is 18.2 Å². The van der Waals surface area contributed by atoms with Gasteiger partial charge in [-0.05, 0) is 31.5 Å². The van der Waals surface area contributed by atoms with E-state index in [0.29, 0.717) is 41.3 Å². The minimum absolute atomic E-state index is 0. The van der Waals surface area contributed by atoms with Gasteiger partial charge in [-0.3, -0.25) is 4.79 Å². The Morgan fingerprint density at radius 1 is 1.45 bits per heavy atom. The fraction of sp³-hybridized carbons (Fsp3) is 0.533. The zero-order valence-electron chi connectivity index (χ0n) is 12.5. The number of halogens is 3. The maximum atomic E-state index is 12.1. The molecule has 7 heteroatoms. The zero-order valence-corrected chi connectivity index (χ0v) is 14.8. The van der Waals surface area contributed by atoms with E-state index in [1.165, 1.54) is 0 Å². The third-order valence-corrected chi connectivity index (χ3v) is 4.49. The van der Waals surface area contributed by atoms with Crippen LogP contribution in [0.3, 0.4) is 0 Å². The van der Waals surface area contributed by atoms with Gasteiger partial charge in [-0.1, -0.05) is 29.3 Å². The predicted molar refractivity (Wildman–Crippen MR) is 92.5 cm³/mol. The molecule has 1 aliphatic rings. The normalized spacial score (nSPS) is 17.0. The van der Waals surface area contributed by atoms with Gasteiger partial charge in [0, 0.05) is 26.1 Å². The molecule has 1 fully saturated rings. The lowest BCUT2D eigenvalue weighted by atomic mass is 10.2. The number of ether oxygens (including phenoxy) is 1. The standard InChI is InChI=1S/C15H20Cl2N2O2.ClH/c1-19(11-7-8-18-10-11)14(20)6-3-9-21-13-5-2-4-12(16)15(13)17;/h2,4-5,11,18H,3,6-10H2,1H3;1H. The van der Waals surface area contributed by atoms with Crippen LogP contribution in [0.2, 0.25) is 10.0 Å². The van der Waals surface area contributed by atoms with Crippen molar-refractivity contribution in [3.63, 3.8) is 0 Å². The van der Waals surface area contributed by atoms with Crippen molar-refractivity contribution in [1.82, 2.24) is 10.2 Å². The summed E-state index contributed by atoms with van der Waals surface area (Å²) in [4.78, 5) is 13.9. The number of hydrogen-bond acceptors (Lipinski definition) is 3. The molecule has 1 atom stereocenters. The quantitative estimate of drug-likeness (QED) is 0.784. The van der Waals surface area contributed by atoms with Gasteiger partial charge in [0.2, 0.25) is 5.91 Å². The van der Waals surface area contributed by atoms with Crippen molar-refractivity contribution in [3.05, 3.63) is 28.2 Å². The van der Waals surface area contributed by atoms with Gasteiger partial charge in [0.25, 0.3) is 0 Å². The monoisotopic (exact) mass is 366 g/mol. The van der Waals surface area contributed by atoms with Gasteiger partial charge in [-0.15, -0.1) is 12.4 Å². The van der Waals surface area contributed by atoms with Crippen molar-refractivity contribution in [2.75, 3.05) is 26.7 Å². The molecule has 1 amide bonds. The van der Waals surface area contributed by atoms with Crippen LogP contribution in [-0.2, 0) is 4.79 Å². The maximum absolute atomic E-state index is 12.1. The summed E-state index contributed by atoms with van der Waals surface area (Å²) < 4.78 is 5.57. The molecule has 4 nitrogen and oxygen atoms in total. The Hall–Kier alpha value is -0.680. The lowest BCUT2D eigenvalue weighted by molar-refractivity contribution is -0.131. The molecule has 22 heavy (non-hydrogen) atoms. The Kier molecular flexibility index (Phi) is 8.33. The predicted octanol–water partition coefficient (Wildman–Crippen LogP) is 3.39. The first-order valence-corrected chi connectivity index (χ1v) is 7.88. The summed E-state index contributed by atoms with van der Waals surface area (Å²) in [6, 6.07) is 5.59. The average Bonchev–Trinajstić information content (AvgIpc) is 3.01. The van der Waals surface area contributed by atoms with E-state index in [2.05, 4.69) is 5.32 Å². The Labute approximate surface area is 147 Å². The van der Waals surface area contributed by atoms with E-state index in [0.717, 1.165) is 19.5 Å². The van der Waals surface area contributed by atoms with Gasteiger partial charge in [0.15, 0.2) is 0 Å². The molecule has 0 bridgehead atoms. The van der Waals surface area contributed by atoms with Gasteiger partial charge in [-0.2, -0.15) is 0 Å². The molecule has 0 radical (unpaired) electrons. The molecular weight excluding hydrogens is 347 g/mol. The smallest absolute Gasteiger partial charge is 0.222 e. The highest BCUT2D eigenvalue weighted by Gasteiger charge is 2.22. The molecule has 1 aliphatic heterocycles. The lowest BCUT2D eigenvalue weighted by Gasteiger charge is -2.23. The Balaban J connectivity index is 0.00000242. The van der Waals surface area contributed by atoms with Gasteiger partial charge < -0.3 is 15.0 Å². The Morgan fingerprint density at radius 2 is 2.23 bits per heavy atom. The molecule has 0 aromatic heterocycles. The third kappa shape index (κ3) is 5.20. The van der Waals surface area contributed by atoms with Crippen LogP contribution >= 0.6 is 35.6 Å². The first-order valence-electron chi connectivity index (χ1n) is 7.13. The van der Waals surface area contributed by atoms with Crippen molar-refractivity contribution in [1.29, 1.82) is 0 Å². The number of benzene rings is 1. The molecule has 0 aliphatic carbocycles. The van der Waals surface area contributed by atoms with E-state index in [9.17, 15) is 4.79 Å². The van der Waals surface area contributed by atoms with Crippen molar-refractivity contribution < 1.29 is 9.53 Å². The van der Waals surface area contributed by atoms with Crippen LogP contribution in [0.4, 0.5) is 0 Å². The summed E-state index contributed by atoms with van der Waals surface area (Å²) >= 11 is 11.9. The van der Waals surface area contributed by atoms with E-state index in [1.807, 2.05) is 11.9 Å². The molecule has 1 heterocycles. The van der Waals surface area contributed by atoms with Gasteiger partial charge in [0.05, 0.1) is 11.6 Å². The molecular formula is C15H21Cl3N2O2. The molecule has 1 saturated heterocycles. The average molecular weight is 368 g/mol. The molecule has 0 saturated carbocycles. The molecule has 124 valence electrons. The highest BCUT2D eigenvalue weighted by molar-refractivity contribution is 6.42. The van der Waals surface area contributed by atoms with E-state index in [-0.39, 0.29) is 18.3 Å². The number of rotatable bonds is 6. The molecule has 1 unspecified atom stereocenters. The molecule has 0 spiro atoms. The molecule has 1 aromatic rings. The number of amides is 1. The van der Waals surface area contributed by atoms with Gasteiger partial charge >= 0.3 is 0 Å². The molecule has 1 aromatic carbocycles. The van der Waals surface area contributed by atoms with Gasteiger partial charge in [0.1, 0.15) is 10.8 Å². The summed E-state index contributed by atoms with van der Waals surface area (Å²) in [6.07, 6.45) is 2.16. The Bertz CT molecular complexity index is 494. The number of nitrogens with zero attached hydrogens (tertiary/aromatic N) is 1. The van der Waals surface area contributed by atoms with Gasteiger partial charge in [-0.25, -0.2) is 0 Å². The fourth-order valence-corrected chi connectivity index (χ4v) is 2.70. The van der Waals surface area contributed by atoms with Crippen LogP contribution in [0.5, 0.6) is 5.75 Å². The summed E-state index contributed by atoms with van der Waals surface area (Å²) in [7, 11) is 1.87. The van der Waals surface area contributed by atoms with Crippen molar-refractivity contribution >= 4 is 41.5 Å². The first kappa shape index (κ1) is 19.4. The number of carbonyl (C=O) groups excluding carboxylic acids is 1. The minimum Gasteiger partial charge on any atom is -0.492 e. The zero-order chi connectivity index (χ0) is 15.2. The third-order valence-electron chi connectivity index (χ3n) is 3.68. The Morgan fingerprint density at radius 3 is 2.91 bits per heavy atom. The number of nitrogens with one attached hydrogen (secondary N) is 1. The largest absolute Gasteiger partial charge is 0.492 e. The van der Waals surface area contributed by atoms with Crippen LogP contribution in [-0.4, -0.2) is 43.6 Å². The second-order valence-corrected chi connectivity index (χ2v) is 5.94. The van der Waals surface area contributed by atoms with E-state index < -0.39 is 0 Å².